The van der Waals surface area contributed by atoms with Crippen molar-refractivity contribution in [1.29, 1.82) is 0 Å². The van der Waals surface area contributed by atoms with Crippen LogP contribution in [0.25, 0.3) is 28.2 Å². The third-order valence-electron chi connectivity index (χ3n) is 6.34. The minimum atomic E-state index is -4.61. The lowest BCUT2D eigenvalue weighted by Gasteiger charge is -2.24. The Kier molecular flexibility index (Phi) is 6.24. The topological polar surface area (TPSA) is 99.2 Å². The zero-order valence-corrected chi connectivity index (χ0v) is 21.2. The van der Waals surface area contributed by atoms with Crippen molar-refractivity contribution in [2.45, 2.75) is 44.9 Å². The van der Waals surface area contributed by atoms with Crippen LogP contribution in [0.15, 0.2) is 54.7 Å². The van der Waals surface area contributed by atoms with Gasteiger partial charge in [-0.25, -0.2) is 19.7 Å². The number of nitrogens with zero attached hydrogens (tertiary/aromatic N) is 5. The average Bonchev–Trinajstić information content (AvgIpc) is 3.48. The van der Waals surface area contributed by atoms with E-state index in [-0.39, 0.29) is 23.5 Å². The zero-order valence-electron chi connectivity index (χ0n) is 21.2. The summed E-state index contributed by atoms with van der Waals surface area (Å²) in [6.07, 6.45) is -2.64. The highest BCUT2D eigenvalue weighted by Gasteiger charge is 2.34. The Hall–Kier alpha value is -4.15. The van der Waals surface area contributed by atoms with Gasteiger partial charge in [0.15, 0.2) is 11.5 Å². The SMILES string of the molecule is CC(C)(C)OC(=O)N1CC[C@@H](c2ccc(-n3c(-c4cccnc4N)nc4ccc(C(F)(F)F)nc43)cc2)C1. The Labute approximate surface area is 217 Å². The minimum Gasteiger partial charge on any atom is -0.444 e. The number of amides is 1. The number of pyridine rings is 2. The number of nitrogens with two attached hydrogens (primary N) is 1. The molecule has 1 aromatic carbocycles. The average molecular weight is 525 g/mol. The molecule has 0 spiro atoms. The lowest BCUT2D eigenvalue weighted by molar-refractivity contribution is -0.141. The second kappa shape index (κ2) is 9.30. The maximum absolute atomic E-state index is 13.5. The number of alkyl halides is 3. The van der Waals surface area contributed by atoms with Gasteiger partial charge in [-0.3, -0.25) is 4.57 Å². The summed E-state index contributed by atoms with van der Waals surface area (Å²) in [6.45, 7) is 6.60. The van der Waals surface area contributed by atoms with Crippen molar-refractivity contribution < 1.29 is 22.7 Å². The number of likely N-dealkylation sites (tertiary alicyclic amines) is 1. The molecule has 1 fully saturated rings. The lowest BCUT2D eigenvalue weighted by atomic mass is 9.98. The van der Waals surface area contributed by atoms with E-state index in [0.717, 1.165) is 18.1 Å². The molecule has 0 saturated carbocycles. The van der Waals surface area contributed by atoms with Crippen molar-refractivity contribution in [2.24, 2.45) is 0 Å². The molecular weight excluding hydrogens is 497 g/mol. The third-order valence-corrected chi connectivity index (χ3v) is 6.34. The number of imidazole rings is 1. The molecule has 0 aliphatic carbocycles. The molecule has 1 aliphatic rings. The first kappa shape index (κ1) is 25.5. The Morgan fingerprint density at radius 1 is 1.05 bits per heavy atom. The molecule has 3 aromatic heterocycles. The molecule has 4 aromatic rings. The van der Waals surface area contributed by atoms with Gasteiger partial charge in [-0.15, -0.1) is 0 Å². The predicted molar refractivity (Wildman–Crippen MR) is 137 cm³/mol. The van der Waals surface area contributed by atoms with Gasteiger partial charge in [0.25, 0.3) is 0 Å². The van der Waals surface area contributed by atoms with Crippen LogP contribution in [0, 0.1) is 0 Å². The van der Waals surface area contributed by atoms with Crippen molar-refractivity contribution in [3.63, 3.8) is 0 Å². The first-order valence-corrected chi connectivity index (χ1v) is 12.2. The van der Waals surface area contributed by atoms with Crippen LogP contribution in [-0.4, -0.2) is 49.2 Å². The molecule has 1 atom stereocenters. The van der Waals surface area contributed by atoms with Gasteiger partial charge in [-0.05, 0) is 69.2 Å². The number of fused-ring (bicyclic) bond motifs is 1. The largest absolute Gasteiger partial charge is 0.444 e. The highest BCUT2D eigenvalue weighted by atomic mass is 19.4. The fourth-order valence-corrected chi connectivity index (χ4v) is 4.57. The molecule has 198 valence electrons. The van der Waals surface area contributed by atoms with E-state index in [9.17, 15) is 18.0 Å². The van der Waals surface area contributed by atoms with Crippen molar-refractivity contribution in [2.75, 3.05) is 18.8 Å². The maximum Gasteiger partial charge on any atom is 0.433 e. The van der Waals surface area contributed by atoms with Gasteiger partial charge < -0.3 is 15.4 Å². The van der Waals surface area contributed by atoms with Gasteiger partial charge >= 0.3 is 12.3 Å². The summed E-state index contributed by atoms with van der Waals surface area (Å²) in [4.78, 5) is 26.7. The number of hydrogen-bond acceptors (Lipinski definition) is 6. The smallest absolute Gasteiger partial charge is 0.433 e. The normalized spacial score (nSPS) is 16.3. The molecule has 11 heteroatoms. The molecular formula is C27H27F3N6O2. The number of ether oxygens (including phenoxy) is 1. The quantitative estimate of drug-likeness (QED) is 0.363. The third kappa shape index (κ3) is 5.00. The van der Waals surface area contributed by atoms with Gasteiger partial charge in [-0.2, -0.15) is 13.2 Å². The van der Waals surface area contributed by atoms with Crippen LogP contribution in [0.4, 0.5) is 23.8 Å². The number of carbonyl (C=O) groups is 1. The van der Waals surface area contributed by atoms with Crippen LogP contribution in [-0.2, 0) is 10.9 Å². The van der Waals surface area contributed by atoms with E-state index >= 15 is 0 Å². The summed E-state index contributed by atoms with van der Waals surface area (Å²) in [5, 5.41) is 0. The Morgan fingerprint density at radius 3 is 2.45 bits per heavy atom. The van der Waals surface area contributed by atoms with Gasteiger partial charge in [0.2, 0.25) is 0 Å². The summed E-state index contributed by atoms with van der Waals surface area (Å²) in [5.41, 5.74) is 6.93. The summed E-state index contributed by atoms with van der Waals surface area (Å²) < 4.78 is 47.5. The van der Waals surface area contributed by atoms with Gasteiger partial charge in [-0.1, -0.05) is 12.1 Å². The highest BCUT2D eigenvalue weighted by Crippen LogP contribution is 2.35. The van der Waals surface area contributed by atoms with E-state index in [2.05, 4.69) is 15.0 Å². The molecule has 8 nitrogen and oxygen atoms in total. The predicted octanol–water partition coefficient (Wildman–Crippen LogP) is 5.81. The summed E-state index contributed by atoms with van der Waals surface area (Å²) >= 11 is 0. The Morgan fingerprint density at radius 2 is 1.79 bits per heavy atom. The van der Waals surface area contributed by atoms with Gasteiger partial charge in [0.05, 0.1) is 5.56 Å². The monoisotopic (exact) mass is 524 g/mol. The molecule has 2 N–H and O–H groups in total. The summed E-state index contributed by atoms with van der Waals surface area (Å²) in [7, 11) is 0. The highest BCUT2D eigenvalue weighted by molar-refractivity contribution is 5.83. The van der Waals surface area contributed by atoms with Crippen LogP contribution < -0.4 is 5.73 Å². The Bertz CT molecular complexity index is 1490. The van der Waals surface area contributed by atoms with E-state index < -0.39 is 17.5 Å². The summed E-state index contributed by atoms with van der Waals surface area (Å²) in [6, 6.07) is 13.1. The molecule has 1 saturated heterocycles. The number of hydrogen-bond donors (Lipinski definition) is 1. The van der Waals surface area contributed by atoms with E-state index in [0.29, 0.717) is 35.7 Å². The zero-order chi connectivity index (χ0) is 27.2. The number of benzene rings is 1. The molecule has 4 heterocycles. The van der Waals surface area contributed by atoms with E-state index in [1.54, 1.807) is 21.6 Å². The first-order chi connectivity index (χ1) is 17.9. The standard InChI is InChI=1S/C27H27F3N6O2/c1-26(2,3)38-25(37)35-14-12-17(15-35)16-6-8-18(9-7-16)36-23(19-5-4-13-32-22(19)31)33-20-10-11-21(27(28,29)30)34-24(20)36/h4-11,13,17H,12,14-15H2,1-3H3,(H2,31,32)/t17-/m1/s1. The molecule has 38 heavy (non-hydrogen) atoms. The molecule has 0 unspecified atom stereocenters. The second-order valence-electron chi connectivity index (χ2n) is 10.2. The second-order valence-corrected chi connectivity index (χ2v) is 10.2. The number of carbonyl (C=O) groups excluding carboxylic acids is 1. The lowest BCUT2D eigenvalue weighted by Crippen LogP contribution is -2.35. The number of aromatic nitrogens is 4. The fourth-order valence-electron chi connectivity index (χ4n) is 4.57. The molecule has 0 radical (unpaired) electrons. The minimum absolute atomic E-state index is 0.0581. The van der Waals surface area contributed by atoms with Crippen LogP contribution in [0.1, 0.15) is 44.4 Å². The van der Waals surface area contributed by atoms with E-state index in [1.807, 2.05) is 45.0 Å². The van der Waals surface area contributed by atoms with Crippen molar-refractivity contribution in [3.8, 4) is 17.1 Å². The van der Waals surface area contributed by atoms with Gasteiger partial charge in [0.1, 0.15) is 22.6 Å². The van der Waals surface area contributed by atoms with Crippen LogP contribution in [0.5, 0.6) is 0 Å². The van der Waals surface area contributed by atoms with Crippen molar-refractivity contribution in [3.05, 3.63) is 66.0 Å². The number of nitrogen functional groups attached to an aromatic ring is 1. The Balaban J connectivity index is 1.51. The van der Waals surface area contributed by atoms with Crippen molar-refractivity contribution >= 4 is 23.1 Å². The van der Waals surface area contributed by atoms with Crippen LogP contribution >= 0.6 is 0 Å². The maximum atomic E-state index is 13.5. The van der Waals surface area contributed by atoms with E-state index in [1.165, 1.54) is 12.3 Å². The van der Waals surface area contributed by atoms with Gasteiger partial charge in [0, 0.05) is 30.9 Å². The first-order valence-electron chi connectivity index (χ1n) is 12.2. The number of anilines is 1. The molecule has 1 aliphatic heterocycles. The summed E-state index contributed by atoms with van der Waals surface area (Å²) in [5.74, 6) is 0.645. The van der Waals surface area contributed by atoms with Crippen LogP contribution in [0.2, 0.25) is 0 Å². The molecule has 5 rings (SSSR count). The molecule has 1 amide bonds. The number of halogens is 3. The molecule has 0 bridgehead atoms. The van der Waals surface area contributed by atoms with E-state index in [4.69, 9.17) is 10.5 Å². The van der Waals surface area contributed by atoms with Crippen molar-refractivity contribution in [1.82, 2.24) is 24.4 Å². The fraction of sp³-hybridized carbons (Fsp3) is 0.333. The number of rotatable bonds is 3. The van der Waals surface area contributed by atoms with Crippen LogP contribution in [0.3, 0.4) is 0 Å².